The third kappa shape index (κ3) is 7.35. The number of amides is 3. The minimum Gasteiger partial charge on any atom is -0.406 e. The van der Waals surface area contributed by atoms with Gasteiger partial charge in [-0.05, 0) is 48.9 Å². The number of rotatable bonds is 8. The van der Waals surface area contributed by atoms with Crippen molar-refractivity contribution in [2.45, 2.75) is 19.8 Å². The minimum absolute atomic E-state index is 0.292. The Hall–Kier alpha value is -3.87. The molecule has 0 aliphatic heterocycles. The van der Waals surface area contributed by atoms with E-state index in [1.165, 1.54) is 17.6 Å². The molecule has 0 spiro atoms. The van der Waals surface area contributed by atoms with E-state index < -0.39 is 12.3 Å². The Labute approximate surface area is 190 Å². The van der Waals surface area contributed by atoms with E-state index >= 15 is 0 Å². The minimum atomic E-state index is -4.79. The molecule has 3 rings (SSSR count). The predicted molar refractivity (Wildman–Crippen MR) is 117 cm³/mol. The van der Waals surface area contributed by atoms with Crippen LogP contribution in [-0.4, -0.2) is 34.8 Å². The molecule has 0 radical (unpaired) electrons. The van der Waals surface area contributed by atoms with Crippen molar-refractivity contribution in [3.05, 3.63) is 58.5 Å². The fourth-order valence-electron chi connectivity index (χ4n) is 2.62. The van der Waals surface area contributed by atoms with Crippen LogP contribution in [0, 0.1) is 0 Å². The number of carbonyl (C=O) groups excluding carboxylic acids is 2. The monoisotopic (exact) mass is 480 g/mol. The van der Waals surface area contributed by atoms with Gasteiger partial charge >= 0.3 is 12.4 Å². The van der Waals surface area contributed by atoms with Gasteiger partial charge in [-0.15, -0.1) is 24.5 Å². The maximum Gasteiger partial charge on any atom is 0.573 e. The number of anilines is 3. The maximum atomic E-state index is 12.6. The Bertz CT molecular complexity index is 1100. The van der Waals surface area contributed by atoms with Gasteiger partial charge in [-0.25, -0.2) is 14.8 Å². The van der Waals surface area contributed by atoms with Crippen LogP contribution in [0.2, 0.25) is 0 Å². The largest absolute Gasteiger partial charge is 0.573 e. The summed E-state index contributed by atoms with van der Waals surface area (Å²) in [6, 6.07) is 7.85. The average Bonchev–Trinajstić information content (AvgIpc) is 3.22. The lowest BCUT2D eigenvalue weighted by Crippen LogP contribution is -2.28. The number of hydrogen-bond acceptors (Lipinski definition) is 7. The van der Waals surface area contributed by atoms with E-state index in [1.807, 2.05) is 0 Å². The molecule has 0 saturated heterocycles. The summed E-state index contributed by atoms with van der Waals surface area (Å²) in [5.74, 6) is -0.157. The summed E-state index contributed by atoms with van der Waals surface area (Å²) in [6.45, 7) is 2.58. The number of carbonyl (C=O) groups is 2. The molecule has 0 saturated carbocycles. The van der Waals surface area contributed by atoms with Crippen molar-refractivity contribution in [3.63, 3.8) is 0 Å². The van der Waals surface area contributed by atoms with Gasteiger partial charge in [-0.1, -0.05) is 0 Å². The third-order valence-electron chi connectivity index (χ3n) is 3.98. The average molecular weight is 480 g/mol. The smallest absolute Gasteiger partial charge is 0.406 e. The lowest BCUT2D eigenvalue weighted by Gasteiger charge is -2.10. The topological polar surface area (TPSA) is 117 Å². The van der Waals surface area contributed by atoms with Crippen molar-refractivity contribution < 1.29 is 27.5 Å². The molecule has 0 aliphatic rings. The van der Waals surface area contributed by atoms with Crippen LogP contribution in [-0.2, 0) is 6.54 Å². The number of hydrogen-bond donors (Lipinski definition) is 4. The summed E-state index contributed by atoms with van der Waals surface area (Å²) in [7, 11) is 0. The Kier molecular flexibility index (Phi) is 7.66. The van der Waals surface area contributed by atoms with Crippen molar-refractivity contribution in [2.75, 3.05) is 22.5 Å². The first kappa shape index (κ1) is 23.8. The van der Waals surface area contributed by atoms with Crippen LogP contribution in [0.4, 0.5) is 35.3 Å². The summed E-state index contributed by atoms with van der Waals surface area (Å²) in [6.07, 6.45) is -3.25. The molecule has 1 aromatic carbocycles. The van der Waals surface area contributed by atoms with E-state index in [9.17, 15) is 22.8 Å². The fourth-order valence-corrected chi connectivity index (χ4v) is 3.28. The number of aromatic nitrogens is 2. The molecular weight excluding hydrogens is 461 g/mol. The number of nitrogens with zero attached hydrogens (tertiary/aromatic N) is 2. The SMILES string of the molecule is CCNC(=O)Nc1cc(CNc2ncsc2C(=O)Nc2ccc(OC(F)(F)F)cc2)ccn1. The molecule has 2 heterocycles. The van der Waals surface area contributed by atoms with E-state index in [-0.39, 0.29) is 11.8 Å². The molecule has 0 aliphatic carbocycles. The first-order chi connectivity index (χ1) is 15.7. The van der Waals surface area contributed by atoms with E-state index in [0.29, 0.717) is 35.3 Å². The third-order valence-corrected chi connectivity index (χ3v) is 4.81. The first-order valence-corrected chi connectivity index (χ1v) is 10.5. The van der Waals surface area contributed by atoms with Gasteiger partial charge in [0, 0.05) is 25.0 Å². The van der Waals surface area contributed by atoms with Crippen LogP contribution in [0.3, 0.4) is 0 Å². The van der Waals surface area contributed by atoms with Crippen molar-refractivity contribution >= 4 is 40.6 Å². The molecule has 0 unspecified atom stereocenters. The van der Waals surface area contributed by atoms with Crippen molar-refractivity contribution in [1.82, 2.24) is 15.3 Å². The first-order valence-electron chi connectivity index (χ1n) is 9.58. The molecule has 3 amide bonds. The van der Waals surface area contributed by atoms with Crippen LogP contribution >= 0.6 is 11.3 Å². The lowest BCUT2D eigenvalue weighted by atomic mass is 10.2. The second kappa shape index (κ2) is 10.6. The summed E-state index contributed by atoms with van der Waals surface area (Å²) in [5.41, 5.74) is 2.58. The van der Waals surface area contributed by atoms with Gasteiger partial charge < -0.3 is 20.7 Å². The van der Waals surface area contributed by atoms with Crippen LogP contribution in [0.1, 0.15) is 22.2 Å². The van der Waals surface area contributed by atoms with Crippen LogP contribution in [0.5, 0.6) is 5.75 Å². The zero-order valence-electron chi connectivity index (χ0n) is 17.2. The number of urea groups is 1. The van der Waals surface area contributed by atoms with Crippen LogP contribution < -0.4 is 26.0 Å². The van der Waals surface area contributed by atoms with Crippen molar-refractivity contribution in [2.24, 2.45) is 0 Å². The van der Waals surface area contributed by atoms with Crippen molar-refractivity contribution in [3.8, 4) is 5.75 Å². The number of ether oxygens (including phenoxy) is 1. The molecule has 0 bridgehead atoms. The Morgan fingerprint density at radius 1 is 1.09 bits per heavy atom. The van der Waals surface area contributed by atoms with Crippen molar-refractivity contribution in [1.29, 1.82) is 0 Å². The summed E-state index contributed by atoms with van der Waals surface area (Å²) >= 11 is 1.10. The number of pyridine rings is 1. The molecule has 4 N–H and O–H groups in total. The molecule has 2 aromatic heterocycles. The van der Waals surface area contributed by atoms with E-state index in [2.05, 4.69) is 36.0 Å². The van der Waals surface area contributed by atoms with E-state index in [4.69, 9.17) is 0 Å². The van der Waals surface area contributed by atoms with Gasteiger partial charge in [-0.2, -0.15) is 0 Å². The van der Waals surface area contributed by atoms with Gasteiger partial charge in [0.15, 0.2) is 0 Å². The number of nitrogens with one attached hydrogen (secondary N) is 4. The second-order valence-electron chi connectivity index (χ2n) is 6.44. The van der Waals surface area contributed by atoms with E-state index in [0.717, 1.165) is 29.0 Å². The van der Waals surface area contributed by atoms with Crippen LogP contribution in [0.15, 0.2) is 48.1 Å². The van der Waals surface area contributed by atoms with Crippen LogP contribution in [0.25, 0.3) is 0 Å². The molecular formula is C20H19F3N6O3S. The van der Waals surface area contributed by atoms with E-state index in [1.54, 1.807) is 25.3 Å². The van der Waals surface area contributed by atoms with Gasteiger partial charge in [0.1, 0.15) is 22.3 Å². The standard InChI is InChI=1S/C20H19F3N6O3S/c1-2-24-19(31)29-15-9-12(7-8-25-15)10-26-17-16(33-11-27-17)18(30)28-13-3-5-14(6-4-13)32-20(21,22)23/h3-9,11,26H,2,10H2,1H3,(H,28,30)(H2,24,25,29,31). The highest BCUT2D eigenvalue weighted by Gasteiger charge is 2.31. The molecule has 0 atom stereocenters. The summed E-state index contributed by atoms with van der Waals surface area (Å²) in [5, 5.41) is 10.9. The fraction of sp³-hybridized carbons (Fsp3) is 0.200. The number of thiazole rings is 1. The zero-order valence-corrected chi connectivity index (χ0v) is 18.0. The number of benzene rings is 1. The zero-order chi connectivity index (χ0) is 23.8. The maximum absolute atomic E-state index is 12.6. The highest BCUT2D eigenvalue weighted by molar-refractivity contribution is 7.12. The molecule has 174 valence electrons. The molecule has 0 fully saturated rings. The Balaban J connectivity index is 1.60. The lowest BCUT2D eigenvalue weighted by molar-refractivity contribution is -0.274. The number of alkyl halides is 3. The molecule has 9 nitrogen and oxygen atoms in total. The molecule has 3 aromatic rings. The van der Waals surface area contributed by atoms with Gasteiger partial charge in [0.25, 0.3) is 5.91 Å². The molecule has 13 heteroatoms. The quantitative estimate of drug-likeness (QED) is 0.379. The van der Waals surface area contributed by atoms with Gasteiger partial charge in [0.05, 0.1) is 5.51 Å². The van der Waals surface area contributed by atoms with Gasteiger partial charge in [0.2, 0.25) is 0 Å². The summed E-state index contributed by atoms with van der Waals surface area (Å²) in [4.78, 5) is 32.7. The molecule has 33 heavy (non-hydrogen) atoms. The van der Waals surface area contributed by atoms with Gasteiger partial charge in [-0.3, -0.25) is 10.1 Å². The Morgan fingerprint density at radius 3 is 2.55 bits per heavy atom. The highest BCUT2D eigenvalue weighted by Crippen LogP contribution is 2.25. The normalized spacial score (nSPS) is 10.9. The predicted octanol–water partition coefficient (Wildman–Crippen LogP) is 4.44. The number of halogens is 3. The highest BCUT2D eigenvalue weighted by atomic mass is 32.1. The summed E-state index contributed by atoms with van der Waals surface area (Å²) < 4.78 is 40.6. The Morgan fingerprint density at radius 2 is 1.85 bits per heavy atom. The second-order valence-corrected chi connectivity index (χ2v) is 7.30.